The molecule has 2 fully saturated rings. The molecule has 4 heteroatoms. The van der Waals surface area contributed by atoms with Crippen LogP contribution in [-0.2, 0) is 6.54 Å². The van der Waals surface area contributed by atoms with Crippen LogP contribution < -0.4 is 10.6 Å². The molecule has 0 spiro atoms. The molecule has 1 atom stereocenters. The Balaban J connectivity index is 1.71. The van der Waals surface area contributed by atoms with E-state index in [1.54, 1.807) is 0 Å². The molecule has 0 saturated carbocycles. The summed E-state index contributed by atoms with van der Waals surface area (Å²) in [5.41, 5.74) is 8.47. The molecule has 1 unspecified atom stereocenters. The maximum Gasteiger partial charge on any atom is 0.0423 e. The second kappa shape index (κ2) is 6.46. The molecule has 2 heterocycles. The number of piperidine rings is 1. The summed E-state index contributed by atoms with van der Waals surface area (Å²) in [6.07, 6.45) is 5.45. The van der Waals surface area contributed by atoms with Crippen LogP contribution in [0.25, 0.3) is 0 Å². The smallest absolute Gasteiger partial charge is 0.0423 e. The van der Waals surface area contributed by atoms with Gasteiger partial charge in [-0.15, -0.1) is 0 Å². The molecule has 0 radical (unpaired) electrons. The minimum atomic E-state index is 0.619. The lowest BCUT2D eigenvalue weighted by atomic mass is 10.1. The third-order valence-corrected chi connectivity index (χ3v) is 5.17. The Morgan fingerprint density at radius 1 is 1.15 bits per heavy atom. The number of nitrogens with zero attached hydrogens (tertiary/aromatic N) is 2. The van der Waals surface area contributed by atoms with E-state index < -0.39 is 0 Å². The Bertz CT molecular complexity index is 457. The van der Waals surface area contributed by atoms with E-state index in [0.29, 0.717) is 6.54 Å². The molecule has 0 aliphatic carbocycles. The fraction of sp³-hybridized carbons (Fsp3) is 0.625. The molecule has 0 aromatic heterocycles. The highest BCUT2D eigenvalue weighted by molar-refractivity contribution is 9.10. The number of rotatable bonds is 3. The molecular weight excluding hydrogens is 314 g/mol. The van der Waals surface area contributed by atoms with Gasteiger partial charge in [-0.05, 0) is 50.0 Å². The van der Waals surface area contributed by atoms with Crippen molar-refractivity contribution >= 4 is 21.6 Å². The van der Waals surface area contributed by atoms with Gasteiger partial charge in [0.25, 0.3) is 0 Å². The molecule has 3 rings (SSSR count). The van der Waals surface area contributed by atoms with Gasteiger partial charge in [-0.2, -0.15) is 0 Å². The molecular formula is C16H24BrN3. The number of likely N-dealkylation sites (tertiary alicyclic amines) is 1. The van der Waals surface area contributed by atoms with Crippen molar-refractivity contribution in [3.63, 3.8) is 0 Å². The van der Waals surface area contributed by atoms with Crippen LogP contribution in [-0.4, -0.2) is 37.1 Å². The first-order valence-corrected chi connectivity index (χ1v) is 8.55. The summed E-state index contributed by atoms with van der Waals surface area (Å²) < 4.78 is 1.14. The third-order valence-electron chi connectivity index (χ3n) is 4.68. The van der Waals surface area contributed by atoms with Gasteiger partial charge >= 0.3 is 0 Å². The van der Waals surface area contributed by atoms with Crippen LogP contribution in [0.15, 0.2) is 22.7 Å². The molecule has 1 aromatic rings. The Morgan fingerprint density at radius 2 is 1.95 bits per heavy atom. The Kier molecular flexibility index (Phi) is 4.64. The van der Waals surface area contributed by atoms with E-state index >= 15 is 0 Å². The second-order valence-electron chi connectivity index (χ2n) is 5.96. The van der Waals surface area contributed by atoms with Gasteiger partial charge < -0.3 is 10.6 Å². The quantitative estimate of drug-likeness (QED) is 0.920. The van der Waals surface area contributed by atoms with Crippen LogP contribution in [0.1, 0.15) is 31.2 Å². The number of halogens is 1. The van der Waals surface area contributed by atoms with E-state index in [9.17, 15) is 0 Å². The van der Waals surface area contributed by atoms with E-state index in [0.717, 1.165) is 23.6 Å². The Morgan fingerprint density at radius 3 is 2.70 bits per heavy atom. The van der Waals surface area contributed by atoms with Gasteiger partial charge in [0, 0.05) is 35.8 Å². The van der Waals surface area contributed by atoms with Crippen molar-refractivity contribution in [2.45, 2.75) is 38.3 Å². The third kappa shape index (κ3) is 3.02. The van der Waals surface area contributed by atoms with Crippen molar-refractivity contribution < 1.29 is 0 Å². The molecule has 1 aromatic carbocycles. The van der Waals surface area contributed by atoms with Crippen molar-refractivity contribution in [1.82, 2.24) is 4.90 Å². The van der Waals surface area contributed by atoms with E-state index in [1.807, 2.05) is 0 Å². The van der Waals surface area contributed by atoms with E-state index in [4.69, 9.17) is 5.73 Å². The van der Waals surface area contributed by atoms with Crippen molar-refractivity contribution in [3.05, 3.63) is 28.2 Å². The molecule has 0 bridgehead atoms. The molecule has 3 nitrogen and oxygen atoms in total. The van der Waals surface area contributed by atoms with Gasteiger partial charge in [0.05, 0.1) is 0 Å². The average molecular weight is 338 g/mol. The maximum atomic E-state index is 5.89. The number of hydrogen-bond donors (Lipinski definition) is 1. The summed E-state index contributed by atoms with van der Waals surface area (Å²) in [7, 11) is 0. The molecule has 2 saturated heterocycles. The van der Waals surface area contributed by atoms with Gasteiger partial charge in [-0.1, -0.05) is 28.4 Å². The zero-order valence-electron chi connectivity index (χ0n) is 12.0. The van der Waals surface area contributed by atoms with E-state index in [-0.39, 0.29) is 0 Å². The zero-order chi connectivity index (χ0) is 13.9. The lowest BCUT2D eigenvalue weighted by Gasteiger charge is -2.32. The van der Waals surface area contributed by atoms with Gasteiger partial charge in [0.1, 0.15) is 0 Å². The molecule has 110 valence electrons. The van der Waals surface area contributed by atoms with Gasteiger partial charge in [0.2, 0.25) is 0 Å². The molecule has 0 amide bonds. The summed E-state index contributed by atoms with van der Waals surface area (Å²) >= 11 is 3.59. The monoisotopic (exact) mass is 337 g/mol. The van der Waals surface area contributed by atoms with Crippen molar-refractivity contribution in [1.29, 1.82) is 0 Å². The van der Waals surface area contributed by atoms with Crippen LogP contribution in [0, 0.1) is 0 Å². The van der Waals surface area contributed by atoms with E-state index in [1.165, 1.54) is 50.0 Å². The first-order chi connectivity index (χ1) is 9.78. The van der Waals surface area contributed by atoms with Crippen molar-refractivity contribution in [2.24, 2.45) is 5.73 Å². The summed E-state index contributed by atoms with van der Waals surface area (Å²) in [6, 6.07) is 7.19. The lowest BCUT2D eigenvalue weighted by molar-refractivity contribution is 0.175. The summed E-state index contributed by atoms with van der Waals surface area (Å²) in [5, 5.41) is 0. The minimum absolute atomic E-state index is 0.619. The van der Waals surface area contributed by atoms with Gasteiger partial charge in [-0.3, -0.25) is 4.90 Å². The standard InChI is InChI=1S/C16H24BrN3/c17-14-5-4-13(11-18)16(10-14)20-9-6-15(12-20)19-7-2-1-3-8-19/h4-5,10,15H,1-3,6-9,11-12,18H2. The molecule has 2 N–H and O–H groups in total. The van der Waals surface area contributed by atoms with Gasteiger partial charge in [-0.25, -0.2) is 0 Å². The predicted molar refractivity (Wildman–Crippen MR) is 88.1 cm³/mol. The Labute approximate surface area is 130 Å². The fourth-order valence-electron chi connectivity index (χ4n) is 3.55. The first kappa shape index (κ1) is 14.4. The largest absolute Gasteiger partial charge is 0.370 e. The van der Waals surface area contributed by atoms with Crippen molar-refractivity contribution in [2.75, 3.05) is 31.1 Å². The molecule has 2 aliphatic rings. The first-order valence-electron chi connectivity index (χ1n) is 7.75. The SMILES string of the molecule is NCc1ccc(Br)cc1N1CCC(N2CCCCC2)C1. The number of anilines is 1. The summed E-state index contributed by atoms with van der Waals surface area (Å²) in [6.45, 7) is 5.52. The highest BCUT2D eigenvalue weighted by atomic mass is 79.9. The predicted octanol–water partition coefficient (Wildman–Crippen LogP) is 2.97. The van der Waals surface area contributed by atoms with Crippen LogP contribution in [0.4, 0.5) is 5.69 Å². The summed E-state index contributed by atoms with van der Waals surface area (Å²) in [4.78, 5) is 5.22. The number of benzene rings is 1. The van der Waals surface area contributed by atoms with Crippen molar-refractivity contribution in [3.8, 4) is 0 Å². The topological polar surface area (TPSA) is 32.5 Å². The Hall–Kier alpha value is -0.580. The summed E-state index contributed by atoms with van der Waals surface area (Å²) in [5.74, 6) is 0. The molecule has 2 aliphatic heterocycles. The maximum absolute atomic E-state index is 5.89. The highest BCUT2D eigenvalue weighted by Gasteiger charge is 2.29. The van der Waals surface area contributed by atoms with Crippen LogP contribution >= 0.6 is 15.9 Å². The number of hydrogen-bond acceptors (Lipinski definition) is 3. The fourth-order valence-corrected chi connectivity index (χ4v) is 3.90. The molecule has 20 heavy (non-hydrogen) atoms. The second-order valence-corrected chi connectivity index (χ2v) is 6.88. The van der Waals surface area contributed by atoms with E-state index in [2.05, 4.69) is 43.9 Å². The van der Waals surface area contributed by atoms with Crippen LogP contribution in [0.5, 0.6) is 0 Å². The van der Waals surface area contributed by atoms with Crippen LogP contribution in [0.3, 0.4) is 0 Å². The van der Waals surface area contributed by atoms with Crippen LogP contribution in [0.2, 0.25) is 0 Å². The highest BCUT2D eigenvalue weighted by Crippen LogP contribution is 2.30. The zero-order valence-corrected chi connectivity index (χ0v) is 13.6. The lowest BCUT2D eigenvalue weighted by Crippen LogP contribution is -2.41. The normalized spacial score (nSPS) is 24.3. The van der Waals surface area contributed by atoms with Gasteiger partial charge in [0.15, 0.2) is 0 Å². The number of nitrogens with two attached hydrogens (primary N) is 1. The average Bonchev–Trinajstić information content (AvgIpc) is 2.98. The minimum Gasteiger partial charge on any atom is -0.370 e.